The molecule has 162 valence electrons. The average molecular weight is 448 g/mol. The van der Waals surface area contributed by atoms with Crippen LogP contribution in [0.5, 0.6) is 0 Å². The van der Waals surface area contributed by atoms with E-state index < -0.39 is 6.04 Å². The summed E-state index contributed by atoms with van der Waals surface area (Å²) in [5, 5.41) is 6.83. The Labute approximate surface area is 190 Å². The van der Waals surface area contributed by atoms with E-state index in [0.717, 1.165) is 29.9 Å². The van der Waals surface area contributed by atoms with Crippen LogP contribution in [-0.4, -0.2) is 18.2 Å². The molecule has 2 heterocycles. The minimum absolute atomic E-state index is 0.0132. The third-order valence-electron chi connectivity index (χ3n) is 5.81. The van der Waals surface area contributed by atoms with E-state index in [2.05, 4.69) is 10.6 Å². The Morgan fingerprint density at radius 3 is 2.72 bits per heavy atom. The van der Waals surface area contributed by atoms with Gasteiger partial charge in [0.05, 0.1) is 34.9 Å². The molecular formula is C25H22ClN3O3. The first kappa shape index (κ1) is 20.4. The van der Waals surface area contributed by atoms with Crippen LogP contribution in [0.4, 0.5) is 17.1 Å². The summed E-state index contributed by atoms with van der Waals surface area (Å²) < 4.78 is 5.78. The maximum absolute atomic E-state index is 13.1. The Balaban J connectivity index is 1.59. The Morgan fingerprint density at radius 1 is 1.09 bits per heavy atom. The molecular weight excluding hydrogens is 426 g/mol. The van der Waals surface area contributed by atoms with E-state index in [-0.39, 0.29) is 18.2 Å². The summed E-state index contributed by atoms with van der Waals surface area (Å²) >= 11 is 6.23. The number of hydrogen-bond acceptors (Lipinski definition) is 5. The number of ketones is 1. The van der Waals surface area contributed by atoms with E-state index in [9.17, 15) is 9.59 Å². The zero-order valence-corrected chi connectivity index (χ0v) is 18.1. The highest BCUT2D eigenvalue weighted by Crippen LogP contribution is 2.44. The number of hydrogen-bond donors (Lipinski definition) is 2. The number of halogens is 1. The number of carbonyl (C=O) groups is 2. The number of anilines is 3. The van der Waals surface area contributed by atoms with E-state index in [1.54, 1.807) is 24.5 Å². The van der Waals surface area contributed by atoms with Crippen molar-refractivity contribution >= 4 is 40.4 Å². The van der Waals surface area contributed by atoms with Crippen molar-refractivity contribution in [2.24, 2.45) is 0 Å². The van der Waals surface area contributed by atoms with Crippen molar-refractivity contribution in [2.45, 2.75) is 25.3 Å². The van der Waals surface area contributed by atoms with Gasteiger partial charge >= 0.3 is 0 Å². The molecule has 0 fully saturated rings. The van der Waals surface area contributed by atoms with Gasteiger partial charge in [-0.25, -0.2) is 0 Å². The highest BCUT2D eigenvalue weighted by molar-refractivity contribution is 6.33. The Hall–Kier alpha value is -3.51. The van der Waals surface area contributed by atoms with Gasteiger partial charge in [0.2, 0.25) is 5.91 Å². The molecule has 6 nitrogen and oxygen atoms in total. The van der Waals surface area contributed by atoms with Crippen LogP contribution in [-0.2, 0) is 9.59 Å². The smallest absolute Gasteiger partial charge is 0.243 e. The number of nitrogens with one attached hydrogen (secondary N) is 2. The molecule has 2 N–H and O–H groups in total. The normalized spacial score (nSPS) is 17.8. The number of carbonyl (C=O) groups excluding carboxylic acids is 2. The largest absolute Gasteiger partial charge is 0.467 e. The fraction of sp³-hybridized carbons (Fsp3) is 0.200. The van der Waals surface area contributed by atoms with Gasteiger partial charge in [0, 0.05) is 17.7 Å². The van der Waals surface area contributed by atoms with E-state index >= 15 is 0 Å². The lowest BCUT2D eigenvalue weighted by atomic mass is 9.88. The molecule has 3 aromatic rings. The van der Waals surface area contributed by atoms with Gasteiger partial charge in [-0.15, -0.1) is 0 Å². The summed E-state index contributed by atoms with van der Waals surface area (Å²) in [6.45, 7) is 0.0132. The van der Waals surface area contributed by atoms with E-state index in [0.29, 0.717) is 28.5 Å². The average Bonchev–Trinajstić information content (AvgIpc) is 3.27. The fourth-order valence-electron chi connectivity index (χ4n) is 4.42. The number of furan rings is 1. The molecule has 0 saturated carbocycles. The molecule has 1 amide bonds. The molecule has 1 atom stereocenters. The van der Waals surface area contributed by atoms with Gasteiger partial charge in [0.25, 0.3) is 0 Å². The molecule has 0 unspecified atom stereocenters. The molecule has 1 aliphatic heterocycles. The van der Waals surface area contributed by atoms with Crippen LogP contribution in [0.3, 0.4) is 0 Å². The maximum Gasteiger partial charge on any atom is 0.243 e. The lowest BCUT2D eigenvalue weighted by molar-refractivity contribution is -0.117. The molecule has 5 rings (SSSR count). The number of fused-ring (bicyclic) bond motifs is 1. The van der Waals surface area contributed by atoms with E-state index in [1.807, 2.05) is 47.4 Å². The van der Waals surface area contributed by atoms with Gasteiger partial charge in [0.1, 0.15) is 11.8 Å². The summed E-state index contributed by atoms with van der Waals surface area (Å²) in [7, 11) is 0. The van der Waals surface area contributed by atoms with Crippen molar-refractivity contribution in [1.82, 2.24) is 0 Å². The predicted molar refractivity (Wildman–Crippen MR) is 125 cm³/mol. The lowest BCUT2D eigenvalue weighted by Gasteiger charge is -2.33. The van der Waals surface area contributed by atoms with Crippen LogP contribution in [0.1, 0.15) is 31.1 Å². The molecule has 7 heteroatoms. The molecule has 2 aliphatic rings. The summed E-state index contributed by atoms with van der Waals surface area (Å²) in [4.78, 5) is 28.2. The summed E-state index contributed by atoms with van der Waals surface area (Å²) in [5.41, 5.74) is 3.78. The predicted octanol–water partition coefficient (Wildman–Crippen LogP) is 5.55. The van der Waals surface area contributed by atoms with Crippen LogP contribution in [0.2, 0.25) is 5.02 Å². The molecule has 32 heavy (non-hydrogen) atoms. The second kappa shape index (κ2) is 8.55. The van der Waals surface area contributed by atoms with Crippen LogP contribution in [0.25, 0.3) is 0 Å². The Kier molecular flexibility index (Phi) is 5.45. The second-order valence-corrected chi connectivity index (χ2v) is 8.29. The summed E-state index contributed by atoms with van der Waals surface area (Å²) in [5.74, 6) is 0.457. The number of para-hydroxylation sites is 3. The van der Waals surface area contributed by atoms with Crippen molar-refractivity contribution in [3.8, 4) is 0 Å². The quantitative estimate of drug-likeness (QED) is 0.548. The number of nitrogens with zero attached hydrogens (tertiary/aromatic N) is 1. The third kappa shape index (κ3) is 3.78. The monoisotopic (exact) mass is 447 g/mol. The molecule has 0 radical (unpaired) electrons. The first-order valence-corrected chi connectivity index (χ1v) is 11.0. The fourth-order valence-corrected chi connectivity index (χ4v) is 4.61. The minimum Gasteiger partial charge on any atom is -0.467 e. The minimum atomic E-state index is -0.513. The molecule has 0 spiro atoms. The van der Waals surface area contributed by atoms with Gasteiger partial charge in [-0.3, -0.25) is 9.59 Å². The second-order valence-electron chi connectivity index (χ2n) is 7.88. The van der Waals surface area contributed by atoms with Crippen LogP contribution in [0, 0.1) is 0 Å². The van der Waals surface area contributed by atoms with Gasteiger partial charge in [-0.05, 0) is 49.2 Å². The maximum atomic E-state index is 13.1. The van der Waals surface area contributed by atoms with E-state index in [4.69, 9.17) is 16.0 Å². The number of Topliss-reactive ketones (excluding diaryl/α,β-unsaturated/α-hetero) is 1. The van der Waals surface area contributed by atoms with Gasteiger partial charge in [0.15, 0.2) is 5.78 Å². The lowest BCUT2D eigenvalue weighted by Crippen LogP contribution is -2.38. The number of rotatable bonds is 4. The SMILES string of the molecule is O=C(CN1c2ccccc2NC2=C(C(=O)CCC2)[C@@H]1c1ccco1)Nc1ccccc1Cl. The van der Waals surface area contributed by atoms with Crippen LogP contribution >= 0.6 is 11.6 Å². The van der Waals surface area contributed by atoms with Gasteiger partial charge < -0.3 is 20.0 Å². The number of amides is 1. The van der Waals surface area contributed by atoms with Crippen molar-refractivity contribution in [3.05, 3.63) is 89.0 Å². The molecule has 0 saturated heterocycles. The molecule has 0 bridgehead atoms. The molecule has 2 aromatic carbocycles. The first-order valence-electron chi connectivity index (χ1n) is 10.6. The van der Waals surface area contributed by atoms with Crippen molar-refractivity contribution < 1.29 is 14.0 Å². The Bertz CT molecular complexity index is 1200. The van der Waals surface area contributed by atoms with Gasteiger partial charge in [-0.2, -0.15) is 0 Å². The van der Waals surface area contributed by atoms with Gasteiger partial charge in [-0.1, -0.05) is 35.9 Å². The van der Waals surface area contributed by atoms with Crippen LogP contribution in [0.15, 0.2) is 82.6 Å². The summed E-state index contributed by atoms with van der Waals surface area (Å²) in [6.07, 6.45) is 3.64. The van der Waals surface area contributed by atoms with E-state index in [1.165, 1.54) is 0 Å². The first-order chi connectivity index (χ1) is 15.6. The van der Waals surface area contributed by atoms with Crippen LogP contribution < -0.4 is 15.5 Å². The molecule has 1 aromatic heterocycles. The van der Waals surface area contributed by atoms with Crippen molar-refractivity contribution in [1.29, 1.82) is 0 Å². The summed E-state index contributed by atoms with van der Waals surface area (Å²) in [6, 6.07) is 18.0. The highest BCUT2D eigenvalue weighted by Gasteiger charge is 2.38. The highest BCUT2D eigenvalue weighted by atomic mass is 35.5. The van der Waals surface area contributed by atoms with Crippen molar-refractivity contribution in [3.63, 3.8) is 0 Å². The zero-order valence-electron chi connectivity index (χ0n) is 17.3. The molecule has 1 aliphatic carbocycles. The Morgan fingerprint density at radius 2 is 1.91 bits per heavy atom. The topological polar surface area (TPSA) is 74.6 Å². The van der Waals surface area contributed by atoms with Crippen molar-refractivity contribution in [2.75, 3.05) is 22.1 Å². The number of allylic oxidation sites excluding steroid dienone is 1. The zero-order chi connectivity index (χ0) is 22.1. The number of benzene rings is 2. The third-order valence-corrected chi connectivity index (χ3v) is 6.14. The standard InChI is InChI=1S/C25H22ClN3O3/c26-16-7-1-2-8-17(16)28-23(31)15-29-20-11-4-3-9-18(20)27-19-10-5-12-21(30)24(19)25(29)22-13-6-14-32-22/h1-4,6-9,11,13-14,25,27H,5,10,12,15H2,(H,28,31)/t25-/m0/s1.